The summed E-state index contributed by atoms with van der Waals surface area (Å²) in [7, 11) is -4.52. The second-order valence-electron chi connectivity index (χ2n) is 7.39. The Morgan fingerprint density at radius 1 is 1.06 bits per heavy atom. The summed E-state index contributed by atoms with van der Waals surface area (Å²) in [4.78, 5) is 3.96. The summed E-state index contributed by atoms with van der Waals surface area (Å²) in [6, 6.07) is 15.4. The van der Waals surface area contributed by atoms with E-state index in [0.29, 0.717) is 29.1 Å². The molecular formula is C24H21FN4O4S. The number of fused-ring (bicyclic) bond motifs is 1. The van der Waals surface area contributed by atoms with Crippen molar-refractivity contribution in [1.29, 1.82) is 0 Å². The standard InChI is InChI=1S/C24H21FN4O4S/c1-2-12-33-21-9-5-8-18(25)23(21)19-11-10-15(14-27-19)28-29-20-13-22(34(30,31)32)16-6-3-4-7-17(16)24(20)26/h3-11,13-14H,2,12,26H2,1H3,(H,30,31,32). The van der Waals surface area contributed by atoms with Crippen LogP contribution in [0.3, 0.4) is 0 Å². The number of anilines is 1. The Morgan fingerprint density at radius 3 is 2.50 bits per heavy atom. The fourth-order valence-corrected chi connectivity index (χ4v) is 4.15. The zero-order chi connectivity index (χ0) is 24.3. The number of nitrogens with zero attached hydrogens (tertiary/aromatic N) is 3. The average molecular weight is 481 g/mol. The van der Waals surface area contributed by atoms with E-state index in [-0.39, 0.29) is 27.2 Å². The van der Waals surface area contributed by atoms with Crippen molar-refractivity contribution in [2.75, 3.05) is 12.3 Å². The van der Waals surface area contributed by atoms with Gasteiger partial charge in [-0.05, 0) is 36.8 Å². The number of rotatable bonds is 7. The van der Waals surface area contributed by atoms with Gasteiger partial charge in [-0.1, -0.05) is 37.3 Å². The first-order chi connectivity index (χ1) is 16.3. The Hall–Kier alpha value is -3.89. The number of halogens is 1. The van der Waals surface area contributed by atoms with Gasteiger partial charge in [-0.15, -0.1) is 10.2 Å². The molecule has 0 aliphatic rings. The van der Waals surface area contributed by atoms with Crippen molar-refractivity contribution >= 4 is 38.0 Å². The molecule has 174 valence electrons. The second-order valence-corrected chi connectivity index (χ2v) is 8.78. The molecular weight excluding hydrogens is 459 g/mol. The molecule has 0 aliphatic heterocycles. The van der Waals surface area contributed by atoms with Gasteiger partial charge in [0.1, 0.15) is 27.8 Å². The molecule has 0 amide bonds. The van der Waals surface area contributed by atoms with Gasteiger partial charge in [0.15, 0.2) is 0 Å². The van der Waals surface area contributed by atoms with Crippen molar-refractivity contribution in [3.63, 3.8) is 0 Å². The molecule has 3 N–H and O–H groups in total. The summed E-state index contributed by atoms with van der Waals surface area (Å²) in [6.07, 6.45) is 2.18. The summed E-state index contributed by atoms with van der Waals surface area (Å²) >= 11 is 0. The van der Waals surface area contributed by atoms with Crippen LogP contribution >= 0.6 is 0 Å². The molecule has 0 radical (unpaired) electrons. The molecule has 1 aromatic heterocycles. The molecule has 4 aromatic rings. The normalized spacial score (nSPS) is 11.9. The first-order valence-corrected chi connectivity index (χ1v) is 11.8. The largest absolute Gasteiger partial charge is 0.493 e. The predicted octanol–water partition coefficient (Wildman–Crippen LogP) is 6.07. The summed E-state index contributed by atoms with van der Waals surface area (Å²) in [5.74, 6) is -0.0671. The minimum absolute atomic E-state index is 0.0692. The third kappa shape index (κ3) is 4.73. The molecule has 3 aromatic carbocycles. The third-order valence-electron chi connectivity index (χ3n) is 5.02. The SMILES string of the molecule is CCCOc1cccc(F)c1-c1ccc(N=Nc2cc(S(=O)(=O)O)c3ccccc3c2N)cn1. The summed E-state index contributed by atoms with van der Waals surface area (Å²) in [6.45, 7) is 2.40. The smallest absolute Gasteiger partial charge is 0.295 e. The Bertz CT molecular complexity index is 1490. The maximum atomic E-state index is 14.5. The highest BCUT2D eigenvalue weighted by molar-refractivity contribution is 7.86. The molecule has 0 bridgehead atoms. The van der Waals surface area contributed by atoms with Crippen LogP contribution < -0.4 is 10.5 Å². The van der Waals surface area contributed by atoms with Crippen LogP contribution in [-0.4, -0.2) is 24.6 Å². The number of nitrogen functional groups attached to an aromatic ring is 1. The van der Waals surface area contributed by atoms with E-state index in [1.165, 1.54) is 12.3 Å². The van der Waals surface area contributed by atoms with Crippen LogP contribution in [0, 0.1) is 5.82 Å². The van der Waals surface area contributed by atoms with Gasteiger partial charge in [0.25, 0.3) is 10.1 Å². The summed E-state index contributed by atoms with van der Waals surface area (Å²) in [5, 5.41) is 8.83. The fraction of sp³-hybridized carbons (Fsp3) is 0.125. The van der Waals surface area contributed by atoms with Gasteiger partial charge in [-0.3, -0.25) is 9.54 Å². The summed E-state index contributed by atoms with van der Waals surface area (Å²) in [5.41, 5.74) is 7.39. The Kier molecular flexibility index (Phi) is 6.53. The Balaban J connectivity index is 1.69. The lowest BCUT2D eigenvalue weighted by atomic mass is 10.1. The van der Waals surface area contributed by atoms with E-state index >= 15 is 0 Å². The van der Waals surface area contributed by atoms with Crippen LogP contribution in [0.2, 0.25) is 0 Å². The maximum absolute atomic E-state index is 14.5. The van der Waals surface area contributed by atoms with Crippen LogP contribution in [0.15, 0.2) is 82.0 Å². The first kappa shape index (κ1) is 23.3. The molecule has 0 saturated carbocycles. The molecule has 0 unspecified atom stereocenters. The lowest BCUT2D eigenvalue weighted by molar-refractivity contribution is 0.317. The van der Waals surface area contributed by atoms with E-state index in [4.69, 9.17) is 10.5 Å². The van der Waals surface area contributed by atoms with Crippen molar-refractivity contribution in [3.05, 3.63) is 72.7 Å². The van der Waals surface area contributed by atoms with Crippen molar-refractivity contribution in [2.45, 2.75) is 18.2 Å². The first-order valence-electron chi connectivity index (χ1n) is 10.4. The average Bonchev–Trinajstić information content (AvgIpc) is 2.82. The van der Waals surface area contributed by atoms with E-state index in [9.17, 15) is 17.4 Å². The molecule has 0 spiro atoms. The molecule has 10 heteroatoms. The highest BCUT2D eigenvalue weighted by Crippen LogP contribution is 2.37. The number of nitrogens with two attached hydrogens (primary N) is 1. The van der Waals surface area contributed by atoms with Gasteiger partial charge in [-0.2, -0.15) is 8.42 Å². The van der Waals surface area contributed by atoms with Crippen LogP contribution in [0.25, 0.3) is 22.0 Å². The second kappa shape index (κ2) is 9.54. The minimum atomic E-state index is -4.52. The monoisotopic (exact) mass is 480 g/mol. The molecule has 1 heterocycles. The minimum Gasteiger partial charge on any atom is -0.493 e. The Labute approximate surface area is 195 Å². The van der Waals surface area contributed by atoms with Crippen molar-refractivity contribution in [2.24, 2.45) is 10.2 Å². The van der Waals surface area contributed by atoms with Gasteiger partial charge < -0.3 is 10.5 Å². The summed E-state index contributed by atoms with van der Waals surface area (Å²) < 4.78 is 53.5. The highest BCUT2D eigenvalue weighted by Gasteiger charge is 2.18. The maximum Gasteiger partial charge on any atom is 0.295 e. The van der Waals surface area contributed by atoms with Gasteiger partial charge >= 0.3 is 0 Å². The molecule has 4 rings (SSSR count). The number of pyridine rings is 1. The highest BCUT2D eigenvalue weighted by atomic mass is 32.2. The molecule has 0 aliphatic carbocycles. The quantitative estimate of drug-likeness (QED) is 0.188. The Morgan fingerprint density at radius 2 is 1.82 bits per heavy atom. The molecule has 0 atom stereocenters. The number of ether oxygens (including phenoxy) is 1. The van der Waals surface area contributed by atoms with Crippen LogP contribution in [0.5, 0.6) is 5.75 Å². The van der Waals surface area contributed by atoms with Crippen molar-refractivity contribution in [1.82, 2.24) is 4.98 Å². The van der Waals surface area contributed by atoms with E-state index in [1.807, 2.05) is 6.92 Å². The zero-order valence-electron chi connectivity index (χ0n) is 18.1. The number of azo groups is 1. The number of aromatic nitrogens is 1. The predicted molar refractivity (Wildman–Crippen MR) is 128 cm³/mol. The van der Waals surface area contributed by atoms with Gasteiger partial charge in [0.2, 0.25) is 0 Å². The van der Waals surface area contributed by atoms with E-state index in [1.54, 1.807) is 48.5 Å². The van der Waals surface area contributed by atoms with Crippen LogP contribution in [0.1, 0.15) is 13.3 Å². The molecule has 34 heavy (non-hydrogen) atoms. The van der Waals surface area contributed by atoms with Crippen LogP contribution in [0.4, 0.5) is 21.5 Å². The third-order valence-corrected chi connectivity index (χ3v) is 5.91. The van der Waals surface area contributed by atoms with Gasteiger partial charge in [-0.25, -0.2) is 4.39 Å². The van der Waals surface area contributed by atoms with E-state index < -0.39 is 15.9 Å². The molecule has 8 nitrogen and oxygen atoms in total. The lowest BCUT2D eigenvalue weighted by Gasteiger charge is -2.11. The molecule has 0 fully saturated rings. The lowest BCUT2D eigenvalue weighted by Crippen LogP contribution is -2.01. The number of benzene rings is 3. The topological polar surface area (TPSA) is 127 Å². The van der Waals surface area contributed by atoms with Crippen LogP contribution in [-0.2, 0) is 10.1 Å². The zero-order valence-corrected chi connectivity index (χ0v) is 19.0. The van der Waals surface area contributed by atoms with Gasteiger partial charge in [0, 0.05) is 10.8 Å². The number of hydrogen-bond acceptors (Lipinski definition) is 7. The fourth-order valence-electron chi connectivity index (χ4n) is 3.44. The van der Waals surface area contributed by atoms with Crippen molar-refractivity contribution in [3.8, 4) is 17.0 Å². The van der Waals surface area contributed by atoms with E-state index in [0.717, 1.165) is 12.5 Å². The van der Waals surface area contributed by atoms with Crippen molar-refractivity contribution < 1.29 is 22.1 Å². The van der Waals surface area contributed by atoms with E-state index in [2.05, 4.69) is 15.2 Å². The molecule has 0 saturated heterocycles. The number of hydrogen-bond donors (Lipinski definition) is 2. The van der Waals surface area contributed by atoms with Gasteiger partial charge in [0.05, 0.1) is 29.7 Å².